The number of anilines is 1. The Kier molecular flexibility index (Phi) is 4.18. The zero-order chi connectivity index (χ0) is 8.85. The number of nitrogens with two attached hydrogens (primary N) is 1. The van der Waals surface area contributed by atoms with E-state index in [-0.39, 0.29) is 0 Å². The van der Waals surface area contributed by atoms with E-state index in [1.807, 2.05) is 13.8 Å². The summed E-state index contributed by atoms with van der Waals surface area (Å²) < 4.78 is 12.2. The minimum atomic E-state index is -0.485. The van der Waals surface area contributed by atoms with E-state index in [0.717, 1.165) is 5.56 Å². The molecular weight excluding hydrogens is 143 g/mol. The van der Waals surface area contributed by atoms with Crippen LogP contribution in [0.3, 0.4) is 0 Å². The summed E-state index contributed by atoms with van der Waals surface area (Å²) in [5.74, 6) is -0.485. The number of nitrogen functional groups attached to an aromatic ring is 1. The molecule has 0 aliphatic carbocycles. The third-order valence-electron chi connectivity index (χ3n) is 1.12. The van der Waals surface area contributed by atoms with E-state index in [2.05, 4.69) is 4.98 Å². The van der Waals surface area contributed by atoms with Crippen molar-refractivity contribution in [3.05, 3.63) is 23.8 Å². The summed E-state index contributed by atoms with van der Waals surface area (Å²) in [6.07, 6.45) is 1.31. The molecule has 0 fully saturated rings. The fourth-order valence-electron chi connectivity index (χ4n) is 0.532. The first kappa shape index (κ1) is 9.88. The van der Waals surface area contributed by atoms with Crippen molar-refractivity contribution in [3.8, 4) is 0 Å². The molecule has 0 amide bonds. The maximum atomic E-state index is 12.2. The van der Waals surface area contributed by atoms with Gasteiger partial charge in [-0.2, -0.15) is 4.39 Å². The quantitative estimate of drug-likeness (QED) is 0.584. The lowest BCUT2D eigenvalue weighted by molar-refractivity contribution is 0.583. The largest absolute Gasteiger partial charge is 0.397 e. The van der Waals surface area contributed by atoms with Gasteiger partial charge in [-0.3, -0.25) is 0 Å². The number of halogens is 1. The SMILES string of the molecule is CC.Cc1cc(F)ncc1N. The van der Waals surface area contributed by atoms with E-state index in [4.69, 9.17) is 5.73 Å². The normalized spacial score (nSPS) is 8.36. The Balaban J connectivity index is 0.000000461. The molecule has 0 atom stereocenters. The lowest BCUT2D eigenvalue weighted by Crippen LogP contribution is -1.92. The average Bonchev–Trinajstić information content (AvgIpc) is 2.02. The number of aryl methyl sites for hydroxylation is 1. The first-order chi connectivity index (χ1) is 5.20. The molecule has 0 unspecified atom stereocenters. The van der Waals surface area contributed by atoms with Crippen molar-refractivity contribution in [2.75, 3.05) is 5.73 Å². The Morgan fingerprint density at radius 2 is 2.00 bits per heavy atom. The van der Waals surface area contributed by atoms with Crippen LogP contribution in [0, 0.1) is 12.9 Å². The third-order valence-corrected chi connectivity index (χ3v) is 1.12. The maximum Gasteiger partial charge on any atom is 0.213 e. The molecule has 1 rings (SSSR count). The molecule has 1 aromatic heterocycles. The van der Waals surface area contributed by atoms with Crippen molar-refractivity contribution >= 4 is 5.69 Å². The highest BCUT2D eigenvalue weighted by Crippen LogP contribution is 2.07. The van der Waals surface area contributed by atoms with Gasteiger partial charge in [-0.1, -0.05) is 13.8 Å². The third kappa shape index (κ3) is 2.98. The van der Waals surface area contributed by atoms with Gasteiger partial charge in [0.1, 0.15) is 0 Å². The molecule has 0 bridgehead atoms. The molecule has 2 N–H and O–H groups in total. The van der Waals surface area contributed by atoms with Crippen LogP contribution < -0.4 is 5.73 Å². The lowest BCUT2D eigenvalue weighted by atomic mass is 10.3. The number of hydrogen-bond donors (Lipinski definition) is 1. The minimum absolute atomic E-state index is 0.485. The second-order valence-electron chi connectivity index (χ2n) is 1.86. The second kappa shape index (κ2) is 4.66. The summed E-state index contributed by atoms with van der Waals surface area (Å²) in [5, 5.41) is 0. The molecule has 0 aliphatic rings. The maximum absolute atomic E-state index is 12.2. The van der Waals surface area contributed by atoms with Crippen molar-refractivity contribution in [3.63, 3.8) is 0 Å². The highest BCUT2D eigenvalue weighted by molar-refractivity contribution is 5.42. The van der Waals surface area contributed by atoms with Crippen molar-refractivity contribution in [1.82, 2.24) is 4.98 Å². The predicted octanol–water partition coefficient (Wildman–Crippen LogP) is 2.14. The van der Waals surface area contributed by atoms with Crippen LogP contribution in [-0.2, 0) is 0 Å². The van der Waals surface area contributed by atoms with Crippen molar-refractivity contribution < 1.29 is 4.39 Å². The zero-order valence-electron chi connectivity index (χ0n) is 7.06. The van der Waals surface area contributed by atoms with E-state index in [9.17, 15) is 4.39 Å². The standard InChI is InChI=1S/C6H7FN2.C2H6/c1-4-2-6(7)9-3-5(4)8;1-2/h2-3H,8H2,1H3;1-2H3. The summed E-state index contributed by atoms with van der Waals surface area (Å²) in [5.41, 5.74) is 6.61. The van der Waals surface area contributed by atoms with Crippen LogP contribution in [0.25, 0.3) is 0 Å². The van der Waals surface area contributed by atoms with E-state index in [1.54, 1.807) is 6.92 Å². The molecule has 0 aromatic carbocycles. The Bertz CT molecular complexity index is 223. The Hall–Kier alpha value is -1.12. The lowest BCUT2D eigenvalue weighted by Gasteiger charge is -1.95. The van der Waals surface area contributed by atoms with E-state index in [0.29, 0.717) is 5.69 Å². The summed E-state index contributed by atoms with van der Waals surface area (Å²) in [4.78, 5) is 3.35. The van der Waals surface area contributed by atoms with Gasteiger partial charge in [-0.05, 0) is 18.6 Å². The van der Waals surface area contributed by atoms with E-state index >= 15 is 0 Å². The van der Waals surface area contributed by atoms with Crippen molar-refractivity contribution in [1.29, 1.82) is 0 Å². The summed E-state index contributed by atoms with van der Waals surface area (Å²) >= 11 is 0. The smallest absolute Gasteiger partial charge is 0.213 e. The monoisotopic (exact) mass is 156 g/mol. The molecule has 11 heavy (non-hydrogen) atoms. The number of rotatable bonds is 0. The van der Waals surface area contributed by atoms with Gasteiger partial charge in [0, 0.05) is 0 Å². The average molecular weight is 156 g/mol. The second-order valence-corrected chi connectivity index (χ2v) is 1.86. The molecule has 0 radical (unpaired) electrons. The topological polar surface area (TPSA) is 38.9 Å². The van der Waals surface area contributed by atoms with Crippen LogP contribution in [0.15, 0.2) is 12.3 Å². The Morgan fingerprint density at radius 3 is 2.36 bits per heavy atom. The Morgan fingerprint density at radius 1 is 1.45 bits per heavy atom. The highest BCUT2D eigenvalue weighted by atomic mass is 19.1. The number of aromatic nitrogens is 1. The van der Waals surface area contributed by atoms with Gasteiger partial charge in [0.05, 0.1) is 11.9 Å². The number of hydrogen-bond acceptors (Lipinski definition) is 2. The van der Waals surface area contributed by atoms with Crippen molar-refractivity contribution in [2.24, 2.45) is 0 Å². The first-order valence-corrected chi connectivity index (χ1v) is 3.58. The molecule has 1 aromatic rings. The molecule has 1 heterocycles. The number of nitrogens with zero attached hydrogens (tertiary/aromatic N) is 1. The van der Waals surface area contributed by atoms with E-state index in [1.165, 1.54) is 12.3 Å². The van der Waals surface area contributed by atoms with Crippen LogP contribution >= 0.6 is 0 Å². The van der Waals surface area contributed by atoms with Gasteiger partial charge in [-0.25, -0.2) is 4.98 Å². The molecule has 0 saturated heterocycles. The van der Waals surface area contributed by atoms with Crippen LogP contribution in [0.5, 0.6) is 0 Å². The fraction of sp³-hybridized carbons (Fsp3) is 0.375. The molecule has 62 valence electrons. The Labute approximate surface area is 66.3 Å². The minimum Gasteiger partial charge on any atom is -0.397 e. The predicted molar refractivity (Wildman–Crippen MR) is 44.7 cm³/mol. The van der Waals surface area contributed by atoms with Crippen LogP contribution in [-0.4, -0.2) is 4.98 Å². The summed E-state index contributed by atoms with van der Waals surface area (Å²) in [6.45, 7) is 5.74. The van der Waals surface area contributed by atoms with Crippen LogP contribution in [0.4, 0.5) is 10.1 Å². The van der Waals surface area contributed by atoms with Gasteiger partial charge in [0.25, 0.3) is 0 Å². The van der Waals surface area contributed by atoms with Crippen LogP contribution in [0.1, 0.15) is 19.4 Å². The molecule has 0 aliphatic heterocycles. The summed E-state index contributed by atoms with van der Waals surface area (Å²) in [7, 11) is 0. The van der Waals surface area contributed by atoms with Gasteiger partial charge in [-0.15, -0.1) is 0 Å². The molecule has 3 heteroatoms. The molecule has 2 nitrogen and oxygen atoms in total. The number of pyridine rings is 1. The fourth-order valence-corrected chi connectivity index (χ4v) is 0.532. The molecule has 0 spiro atoms. The molecular formula is C8H13FN2. The zero-order valence-corrected chi connectivity index (χ0v) is 7.06. The summed E-state index contributed by atoms with van der Waals surface area (Å²) in [6, 6.07) is 1.30. The van der Waals surface area contributed by atoms with Gasteiger partial charge < -0.3 is 5.73 Å². The van der Waals surface area contributed by atoms with E-state index < -0.39 is 5.95 Å². The van der Waals surface area contributed by atoms with Crippen LogP contribution in [0.2, 0.25) is 0 Å². The molecule has 0 saturated carbocycles. The highest BCUT2D eigenvalue weighted by Gasteiger charge is 1.93. The first-order valence-electron chi connectivity index (χ1n) is 3.58. The van der Waals surface area contributed by atoms with Crippen molar-refractivity contribution in [2.45, 2.75) is 20.8 Å². The van der Waals surface area contributed by atoms with Gasteiger partial charge >= 0.3 is 0 Å². The van der Waals surface area contributed by atoms with Gasteiger partial charge in [0.15, 0.2) is 0 Å². The van der Waals surface area contributed by atoms with Gasteiger partial charge in [0.2, 0.25) is 5.95 Å².